The van der Waals surface area contributed by atoms with E-state index in [0.717, 1.165) is 16.2 Å². The van der Waals surface area contributed by atoms with Gasteiger partial charge in [0.2, 0.25) is 0 Å². The van der Waals surface area contributed by atoms with Gasteiger partial charge < -0.3 is 4.74 Å². The van der Waals surface area contributed by atoms with E-state index in [1.807, 2.05) is 41.8 Å². The lowest BCUT2D eigenvalue weighted by Gasteiger charge is -2.12. The standard InChI is InChI=1S/C14H14N2OS/c1-17-13-6-3-2-5-11(13)10-16-12(9-15)14-7-4-8-18-14/h2-8,12,16H,10H2,1H3. The number of nitrogens with one attached hydrogen (secondary N) is 1. The minimum absolute atomic E-state index is 0.269. The van der Waals surface area contributed by atoms with Gasteiger partial charge in [0.05, 0.1) is 13.2 Å². The number of benzene rings is 1. The highest BCUT2D eigenvalue weighted by molar-refractivity contribution is 7.10. The molecule has 0 amide bonds. The zero-order valence-corrected chi connectivity index (χ0v) is 10.9. The van der Waals surface area contributed by atoms with Gasteiger partial charge in [-0.2, -0.15) is 5.26 Å². The van der Waals surface area contributed by atoms with Crippen LogP contribution in [-0.4, -0.2) is 7.11 Å². The molecule has 0 aliphatic rings. The Hall–Kier alpha value is -1.83. The van der Waals surface area contributed by atoms with Gasteiger partial charge in [-0.15, -0.1) is 11.3 Å². The van der Waals surface area contributed by atoms with Gasteiger partial charge in [-0.3, -0.25) is 5.32 Å². The summed E-state index contributed by atoms with van der Waals surface area (Å²) in [6.07, 6.45) is 0. The Balaban J connectivity index is 2.05. The van der Waals surface area contributed by atoms with Crippen molar-refractivity contribution in [2.45, 2.75) is 12.6 Å². The Kier molecular flexibility index (Phi) is 4.35. The number of methoxy groups -OCH3 is 1. The van der Waals surface area contributed by atoms with Gasteiger partial charge in [-0.1, -0.05) is 24.3 Å². The Labute approximate surface area is 111 Å². The summed E-state index contributed by atoms with van der Waals surface area (Å²) in [7, 11) is 1.65. The van der Waals surface area contributed by atoms with Crippen molar-refractivity contribution in [2.24, 2.45) is 0 Å². The predicted octanol–water partition coefficient (Wildman–Crippen LogP) is 3.11. The first-order valence-electron chi connectivity index (χ1n) is 5.63. The summed E-state index contributed by atoms with van der Waals surface area (Å²) in [4.78, 5) is 1.03. The summed E-state index contributed by atoms with van der Waals surface area (Å²) in [5, 5.41) is 14.4. The van der Waals surface area contributed by atoms with Gasteiger partial charge in [-0.05, 0) is 17.5 Å². The molecule has 1 aromatic heterocycles. The number of nitrogens with zero attached hydrogens (tertiary/aromatic N) is 1. The first-order chi connectivity index (χ1) is 8.85. The van der Waals surface area contributed by atoms with Gasteiger partial charge in [0.25, 0.3) is 0 Å². The molecule has 18 heavy (non-hydrogen) atoms. The smallest absolute Gasteiger partial charge is 0.130 e. The average Bonchev–Trinajstić information content (AvgIpc) is 2.94. The van der Waals surface area contributed by atoms with E-state index in [0.29, 0.717) is 6.54 Å². The molecular formula is C14H14N2OS. The van der Waals surface area contributed by atoms with Crippen LogP contribution in [0.3, 0.4) is 0 Å². The minimum atomic E-state index is -0.269. The average molecular weight is 258 g/mol. The largest absolute Gasteiger partial charge is 0.496 e. The van der Waals surface area contributed by atoms with Gasteiger partial charge >= 0.3 is 0 Å². The topological polar surface area (TPSA) is 45.0 Å². The highest BCUT2D eigenvalue weighted by Gasteiger charge is 2.11. The second kappa shape index (κ2) is 6.20. The summed E-state index contributed by atoms with van der Waals surface area (Å²) < 4.78 is 5.28. The maximum atomic E-state index is 9.17. The first-order valence-corrected chi connectivity index (χ1v) is 6.51. The fraction of sp³-hybridized carbons (Fsp3) is 0.214. The summed E-state index contributed by atoms with van der Waals surface area (Å²) in [5.41, 5.74) is 1.05. The second-order valence-corrected chi connectivity index (χ2v) is 4.75. The lowest BCUT2D eigenvalue weighted by molar-refractivity contribution is 0.407. The van der Waals surface area contributed by atoms with Gasteiger partial charge in [0.1, 0.15) is 11.8 Å². The minimum Gasteiger partial charge on any atom is -0.496 e. The van der Waals surface area contributed by atoms with Crippen molar-refractivity contribution < 1.29 is 4.74 Å². The van der Waals surface area contributed by atoms with E-state index in [2.05, 4.69) is 11.4 Å². The van der Waals surface area contributed by atoms with Crippen molar-refractivity contribution in [2.75, 3.05) is 7.11 Å². The third kappa shape index (κ3) is 2.89. The maximum Gasteiger partial charge on any atom is 0.130 e. The molecule has 0 aliphatic carbocycles. The number of nitriles is 1. The van der Waals surface area contributed by atoms with E-state index in [1.165, 1.54) is 0 Å². The van der Waals surface area contributed by atoms with Gasteiger partial charge in [-0.25, -0.2) is 0 Å². The molecule has 4 heteroatoms. The van der Waals surface area contributed by atoms with Gasteiger partial charge in [0, 0.05) is 17.0 Å². The molecule has 0 fully saturated rings. The number of para-hydroxylation sites is 1. The van der Waals surface area contributed by atoms with Crippen LogP contribution in [0.5, 0.6) is 5.75 Å². The lowest BCUT2D eigenvalue weighted by Crippen LogP contribution is -2.18. The van der Waals surface area contributed by atoms with E-state index >= 15 is 0 Å². The fourth-order valence-corrected chi connectivity index (χ4v) is 2.47. The quantitative estimate of drug-likeness (QED) is 0.896. The van der Waals surface area contributed by atoms with Crippen LogP contribution in [0.25, 0.3) is 0 Å². The van der Waals surface area contributed by atoms with Crippen molar-refractivity contribution in [1.29, 1.82) is 5.26 Å². The van der Waals surface area contributed by atoms with E-state index in [1.54, 1.807) is 18.4 Å². The Morgan fingerprint density at radius 2 is 2.17 bits per heavy atom. The van der Waals surface area contributed by atoms with Crippen LogP contribution >= 0.6 is 11.3 Å². The number of thiophene rings is 1. The van der Waals surface area contributed by atoms with Crippen molar-refractivity contribution >= 4 is 11.3 Å². The van der Waals surface area contributed by atoms with E-state index in [4.69, 9.17) is 10.00 Å². The molecule has 1 atom stereocenters. The van der Waals surface area contributed by atoms with Crippen LogP contribution in [0, 0.1) is 11.3 Å². The van der Waals surface area contributed by atoms with Gasteiger partial charge in [0.15, 0.2) is 0 Å². The van der Waals surface area contributed by atoms with Crippen LogP contribution in [0.15, 0.2) is 41.8 Å². The Bertz CT molecular complexity index is 531. The molecule has 3 nitrogen and oxygen atoms in total. The molecule has 0 radical (unpaired) electrons. The summed E-state index contributed by atoms with van der Waals surface area (Å²) in [5.74, 6) is 0.841. The van der Waals surface area contributed by atoms with Crippen LogP contribution in [-0.2, 0) is 6.54 Å². The summed E-state index contributed by atoms with van der Waals surface area (Å²) in [6.45, 7) is 0.611. The third-order valence-corrected chi connectivity index (χ3v) is 3.58. The number of rotatable bonds is 5. The molecule has 2 aromatic rings. The summed E-state index contributed by atoms with van der Waals surface area (Å²) >= 11 is 1.58. The lowest BCUT2D eigenvalue weighted by atomic mass is 10.2. The molecule has 0 spiro atoms. The molecule has 0 bridgehead atoms. The van der Waals surface area contributed by atoms with E-state index in [-0.39, 0.29) is 6.04 Å². The first kappa shape index (κ1) is 12.6. The molecule has 1 unspecified atom stereocenters. The second-order valence-electron chi connectivity index (χ2n) is 3.77. The maximum absolute atomic E-state index is 9.17. The van der Waals surface area contributed by atoms with E-state index < -0.39 is 0 Å². The molecule has 0 aliphatic heterocycles. The highest BCUT2D eigenvalue weighted by atomic mass is 32.1. The zero-order chi connectivity index (χ0) is 12.8. The van der Waals surface area contributed by atoms with Crippen molar-refractivity contribution in [3.63, 3.8) is 0 Å². The molecule has 1 aromatic carbocycles. The SMILES string of the molecule is COc1ccccc1CNC(C#N)c1cccs1. The molecule has 0 saturated heterocycles. The summed E-state index contributed by atoms with van der Waals surface area (Å²) in [6, 6.07) is 13.7. The molecular weight excluding hydrogens is 244 g/mol. The number of ether oxygens (including phenoxy) is 1. The molecule has 92 valence electrons. The number of hydrogen-bond donors (Lipinski definition) is 1. The number of hydrogen-bond acceptors (Lipinski definition) is 4. The van der Waals surface area contributed by atoms with Crippen LogP contribution in [0.1, 0.15) is 16.5 Å². The molecule has 1 heterocycles. The van der Waals surface area contributed by atoms with Crippen molar-refractivity contribution in [3.8, 4) is 11.8 Å². The fourth-order valence-electron chi connectivity index (χ4n) is 1.73. The highest BCUT2D eigenvalue weighted by Crippen LogP contribution is 2.21. The van der Waals surface area contributed by atoms with Crippen LogP contribution in [0.2, 0.25) is 0 Å². The zero-order valence-electron chi connectivity index (χ0n) is 10.1. The molecule has 1 N–H and O–H groups in total. The normalized spacial score (nSPS) is 11.8. The predicted molar refractivity (Wildman–Crippen MR) is 72.5 cm³/mol. The third-order valence-electron chi connectivity index (χ3n) is 2.65. The van der Waals surface area contributed by atoms with Crippen LogP contribution < -0.4 is 10.1 Å². The molecule has 0 saturated carbocycles. The Morgan fingerprint density at radius 1 is 1.33 bits per heavy atom. The molecule has 2 rings (SSSR count). The van der Waals surface area contributed by atoms with Crippen molar-refractivity contribution in [3.05, 3.63) is 52.2 Å². The van der Waals surface area contributed by atoms with E-state index in [9.17, 15) is 0 Å². The van der Waals surface area contributed by atoms with Crippen LogP contribution in [0.4, 0.5) is 0 Å². The van der Waals surface area contributed by atoms with Crippen molar-refractivity contribution in [1.82, 2.24) is 5.32 Å². The Morgan fingerprint density at radius 3 is 2.83 bits per heavy atom. The monoisotopic (exact) mass is 258 g/mol.